The second kappa shape index (κ2) is 6.07. The minimum atomic E-state index is -0.303. The van der Waals surface area contributed by atoms with E-state index < -0.39 is 0 Å². The number of halogens is 1. The third-order valence-corrected chi connectivity index (χ3v) is 2.66. The van der Waals surface area contributed by atoms with Crippen LogP contribution in [0.5, 0.6) is 0 Å². The van der Waals surface area contributed by atoms with E-state index in [1.807, 2.05) is 13.1 Å². The monoisotopic (exact) mass is 259 g/mol. The molecule has 5 nitrogen and oxygen atoms in total. The maximum atomic E-state index is 13.5. The van der Waals surface area contributed by atoms with Gasteiger partial charge in [-0.15, -0.1) is 0 Å². The molecule has 6 heteroatoms. The Morgan fingerprint density at radius 3 is 3.00 bits per heavy atom. The van der Waals surface area contributed by atoms with Crippen molar-refractivity contribution >= 4 is 0 Å². The molecule has 0 aliphatic heterocycles. The summed E-state index contributed by atoms with van der Waals surface area (Å²) in [4.78, 5) is 4.10. The quantitative estimate of drug-likeness (QED) is 0.818. The Bertz CT molecular complexity index is 599. The lowest BCUT2D eigenvalue weighted by atomic mass is 10.1. The number of nitriles is 1. The van der Waals surface area contributed by atoms with E-state index in [2.05, 4.69) is 15.4 Å². The molecule has 0 aliphatic rings. The van der Waals surface area contributed by atoms with Crippen molar-refractivity contribution in [2.75, 3.05) is 6.54 Å². The molecule has 1 N–H and O–H groups in total. The maximum absolute atomic E-state index is 13.5. The fraction of sp³-hybridized carbons (Fsp3) is 0.308. The molecule has 0 unspecified atom stereocenters. The summed E-state index contributed by atoms with van der Waals surface area (Å²) in [5.41, 5.74) is 0.956. The molecule has 1 aromatic carbocycles. The molecular weight excluding hydrogens is 245 g/mol. The third kappa shape index (κ3) is 3.60. The summed E-state index contributed by atoms with van der Waals surface area (Å²) in [6.45, 7) is 1.04. The Kier molecular flexibility index (Phi) is 4.21. The predicted octanol–water partition coefficient (Wildman–Crippen LogP) is 1.16. The van der Waals surface area contributed by atoms with Gasteiger partial charge in [0, 0.05) is 32.1 Å². The van der Waals surface area contributed by atoms with Crippen molar-refractivity contribution in [3.8, 4) is 6.07 Å². The number of hydrogen-bond acceptors (Lipinski definition) is 4. The van der Waals surface area contributed by atoms with Gasteiger partial charge >= 0.3 is 0 Å². The van der Waals surface area contributed by atoms with Crippen LogP contribution in [0.4, 0.5) is 4.39 Å². The van der Waals surface area contributed by atoms with Crippen molar-refractivity contribution in [1.29, 1.82) is 5.26 Å². The molecule has 0 radical (unpaired) electrons. The minimum absolute atomic E-state index is 0.303. The second-order valence-corrected chi connectivity index (χ2v) is 4.18. The van der Waals surface area contributed by atoms with Crippen LogP contribution in [-0.2, 0) is 20.0 Å². The van der Waals surface area contributed by atoms with E-state index in [-0.39, 0.29) is 5.82 Å². The van der Waals surface area contributed by atoms with Crippen LogP contribution in [0, 0.1) is 17.1 Å². The third-order valence-electron chi connectivity index (χ3n) is 2.66. The van der Waals surface area contributed by atoms with Crippen molar-refractivity contribution in [2.24, 2.45) is 7.05 Å². The highest BCUT2D eigenvalue weighted by atomic mass is 19.1. The first-order chi connectivity index (χ1) is 9.19. The Morgan fingerprint density at radius 1 is 1.47 bits per heavy atom. The number of nitrogens with zero attached hydrogens (tertiary/aromatic N) is 4. The number of nitrogens with one attached hydrogen (secondary N) is 1. The average molecular weight is 259 g/mol. The molecule has 0 saturated heterocycles. The van der Waals surface area contributed by atoms with E-state index >= 15 is 0 Å². The van der Waals surface area contributed by atoms with Crippen LogP contribution >= 0.6 is 0 Å². The average Bonchev–Trinajstić information content (AvgIpc) is 2.82. The van der Waals surface area contributed by atoms with Gasteiger partial charge in [-0.05, 0) is 18.2 Å². The SMILES string of the molecule is Cn1cnc(CCNCc2cc(C#N)ccc2F)n1. The minimum Gasteiger partial charge on any atom is -0.312 e. The predicted molar refractivity (Wildman–Crippen MR) is 67.5 cm³/mol. The van der Waals surface area contributed by atoms with E-state index in [0.29, 0.717) is 30.6 Å². The van der Waals surface area contributed by atoms with Crippen LogP contribution in [0.15, 0.2) is 24.5 Å². The van der Waals surface area contributed by atoms with Crippen LogP contribution in [-0.4, -0.2) is 21.3 Å². The normalized spacial score (nSPS) is 10.4. The Hall–Kier alpha value is -2.26. The highest BCUT2D eigenvalue weighted by molar-refractivity contribution is 5.33. The lowest BCUT2D eigenvalue weighted by Gasteiger charge is -2.05. The van der Waals surface area contributed by atoms with E-state index in [1.165, 1.54) is 12.1 Å². The van der Waals surface area contributed by atoms with Gasteiger partial charge in [-0.3, -0.25) is 4.68 Å². The van der Waals surface area contributed by atoms with Gasteiger partial charge in [0.15, 0.2) is 5.82 Å². The zero-order valence-electron chi connectivity index (χ0n) is 10.6. The number of benzene rings is 1. The number of aromatic nitrogens is 3. The van der Waals surface area contributed by atoms with Crippen LogP contribution in [0.25, 0.3) is 0 Å². The Balaban J connectivity index is 1.84. The lowest BCUT2D eigenvalue weighted by molar-refractivity contribution is 0.585. The van der Waals surface area contributed by atoms with Gasteiger partial charge in [-0.1, -0.05) is 0 Å². The largest absolute Gasteiger partial charge is 0.312 e. The number of hydrogen-bond donors (Lipinski definition) is 1. The molecule has 19 heavy (non-hydrogen) atoms. The zero-order valence-corrected chi connectivity index (χ0v) is 10.6. The van der Waals surface area contributed by atoms with Crippen LogP contribution in [0.1, 0.15) is 17.0 Å². The second-order valence-electron chi connectivity index (χ2n) is 4.18. The molecule has 0 fully saturated rings. The van der Waals surface area contributed by atoms with Gasteiger partial charge in [0.05, 0.1) is 11.6 Å². The Morgan fingerprint density at radius 2 is 2.32 bits per heavy atom. The lowest BCUT2D eigenvalue weighted by Crippen LogP contribution is -2.18. The first kappa shape index (κ1) is 13.2. The number of rotatable bonds is 5. The van der Waals surface area contributed by atoms with Crippen LogP contribution in [0.3, 0.4) is 0 Å². The molecule has 0 amide bonds. The van der Waals surface area contributed by atoms with E-state index in [4.69, 9.17) is 5.26 Å². The summed E-state index contributed by atoms with van der Waals surface area (Å²) in [6, 6.07) is 6.34. The summed E-state index contributed by atoms with van der Waals surface area (Å²) >= 11 is 0. The van der Waals surface area contributed by atoms with Gasteiger partial charge in [-0.2, -0.15) is 10.4 Å². The molecule has 2 aromatic rings. The molecule has 0 bridgehead atoms. The zero-order chi connectivity index (χ0) is 13.7. The first-order valence-corrected chi connectivity index (χ1v) is 5.93. The fourth-order valence-corrected chi connectivity index (χ4v) is 1.70. The van der Waals surface area contributed by atoms with Gasteiger partial charge in [0.25, 0.3) is 0 Å². The summed E-state index contributed by atoms with van der Waals surface area (Å²) in [5.74, 6) is 0.448. The summed E-state index contributed by atoms with van der Waals surface area (Å²) in [7, 11) is 1.81. The van der Waals surface area contributed by atoms with Crippen LogP contribution in [0.2, 0.25) is 0 Å². The van der Waals surface area contributed by atoms with Gasteiger partial charge in [0.2, 0.25) is 0 Å². The van der Waals surface area contributed by atoms with E-state index in [0.717, 1.165) is 5.82 Å². The van der Waals surface area contributed by atoms with E-state index in [9.17, 15) is 4.39 Å². The van der Waals surface area contributed by atoms with Gasteiger partial charge in [-0.25, -0.2) is 9.37 Å². The highest BCUT2D eigenvalue weighted by Crippen LogP contribution is 2.09. The molecule has 2 rings (SSSR count). The van der Waals surface area contributed by atoms with Crippen molar-refractivity contribution < 1.29 is 4.39 Å². The summed E-state index contributed by atoms with van der Waals surface area (Å²) in [6.07, 6.45) is 2.33. The molecule has 0 atom stereocenters. The molecule has 98 valence electrons. The molecule has 1 aromatic heterocycles. The molecular formula is C13H14FN5. The molecule has 0 spiro atoms. The van der Waals surface area contributed by atoms with Crippen molar-refractivity contribution in [2.45, 2.75) is 13.0 Å². The molecule has 1 heterocycles. The van der Waals surface area contributed by atoms with Gasteiger partial charge < -0.3 is 5.32 Å². The maximum Gasteiger partial charge on any atom is 0.151 e. The Labute approximate surface area is 110 Å². The van der Waals surface area contributed by atoms with Crippen molar-refractivity contribution in [3.05, 3.63) is 47.3 Å². The topological polar surface area (TPSA) is 66.5 Å². The summed E-state index contributed by atoms with van der Waals surface area (Å²) < 4.78 is 15.1. The first-order valence-electron chi connectivity index (χ1n) is 5.93. The van der Waals surface area contributed by atoms with E-state index in [1.54, 1.807) is 17.1 Å². The smallest absolute Gasteiger partial charge is 0.151 e. The molecule has 0 saturated carbocycles. The van der Waals surface area contributed by atoms with Gasteiger partial charge in [0.1, 0.15) is 12.1 Å². The fourth-order valence-electron chi connectivity index (χ4n) is 1.70. The standard InChI is InChI=1S/C13H14FN5/c1-19-9-17-13(18-19)4-5-16-8-11-6-10(7-15)2-3-12(11)14/h2-3,6,9,16H,4-5,8H2,1H3. The number of aryl methyl sites for hydroxylation is 1. The van der Waals surface area contributed by atoms with Crippen molar-refractivity contribution in [3.63, 3.8) is 0 Å². The highest BCUT2D eigenvalue weighted by Gasteiger charge is 2.04. The van der Waals surface area contributed by atoms with Crippen LogP contribution < -0.4 is 5.32 Å². The van der Waals surface area contributed by atoms with Crippen molar-refractivity contribution in [1.82, 2.24) is 20.1 Å². The molecule has 0 aliphatic carbocycles. The summed E-state index contributed by atoms with van der Waals surface area (Å²) in [5, 5.41) is 16.0.